The second-order valence-corrected chi connectivity index (χ2v) is 8.18. The van der Waals surface area contributed by atoms with Crippen LogP contribution in [0.25, 0.3) is 0 Å². The van der Waals surface area contributed by atoms with Gasteiger partial charge in [0.05, 0.1) is 12.6 Å². The van der Waals surface area contributed by atoms with Crippen molar-refractivity contribution in [1.82, 2.24) is 16.0 Å². The SMILES string of the molecule is CC(C)CC(N)C(=O)NC(CS)C(=O)NC(Cc1ccccc1)C(=O)NC(CO)C(=O)O. The van der Waals surface area contributed by atoms with E-state index in [2.05, 4.69) is 28.6 Å². The van der Waals surface area contributed by atoms with Gasteiger partial charge in [-0.1, -0.05) is 44.2 Å². The van der Waals surface area contributed by atoms with Crippen LogP contribution in [0, 0.1) is 5.92 Å². The van der Waals surface area contributed by atoms with Crippen LogP contribution in [0.5, 0.6) is 0 Å². The molecule has 11 heteroatoms. The fourth-order valence-corrected chi connectivity index (χ4v) is 3.13. The lowest BCUT2D eigenvalue weighted by molar-refractivity contribution is -0.143. The average molecular weight is 469 g/mol. The number of nitrogens with two attached hydrogens (primary N) is 1. The van der Waals surface area contributed by atoms with Crippen molar-refractivity contribution in [3.8, 4) is 0 Å². The first kappa shape index (κ1) is 27.4. The van der Waals surface area contributed by atoms with Gasteiger partial charge in [0.2, 0.25) is 17.7 Å². The van der Waals surface area contributed by atoms with Gasteiger partial charge in [-0.25, -0.2) is 4.79 Å². The molecule has 1 rings (SSSR count). The third-order valence-corrected chi connectivity index (χ3v) is 4.96. The minimum Gasteiger partial charge on any atom is -0.480 e. The molecule has 0 spiro atoms. The molecule has 178 valence electrons. The Hall–Kier alpha value is -2.63. The minimum atomic E-state index is -1.52. The minimum absolute atomic E-state index is 0.0416. The molecule has 1 aromatic rings. The summed E-state index contributed by atoms with van der Waals surface area (Å²) in [6.07, 6.45) is 0.500. The van der Waals surface area contributed by atoms with Gasteiger partial charge in [0.25, 0.3) is 0 Å². The van der Waals surface area contributed by atoms with Crippen molar-refractivity contribution in [2.24, 2.45) is 11.7 Å². The second kappa shape index (κ2) is 13.7. The molecule has 0 aliphatic carbocycles. The summed E-state index contributed by atoms with van der Waals surface area (Å²) in [7, 11) is 0. The van der Waals surface area contributed by atoms with E-state index in [1.165, 1.54) is 0 Å². The number of aliphatic hydroxyl groups excluding tert-OH is 1. The molecule has 0 bridgehead atoms. The Bertz CT molecular complexity index is 777. The number of carboxylic acids is 1. The highest BCUT2D eigenvalue weighted by molar-refractivity contribution is 7.80. The molecule has 0 aromatic heterocycles. The average Bonchev–Trinajstić information content (AvgIpc) is 2.74. The lowest BCUT2D eigenvalue weighted by Crippen LogP contribution is -2.58. The van der Waals surface area contributed by atoms with Gasteiger partial charge in [0.1, 0.15) is 18.1 Å². The van der Waals surface area contributed by atoms with Crippen LogP contribution in [-0.4, -0.2) is 70.4 Å². The number of carbonyl (C=O) groups is 4. The van der Waals surface area contributed by atoms with Gasteiger partial charge < -0.3 is 31.9 Å². The van der Waals surface area contributed by atoms with Gasteiger partial charge in [0, 0.05) is 12.2 Å². The number of amides is 3. The van der Waals surface area contributed by atoms with E-state index < -0.39 is 54.5 Å². The van der Waals surface area contributed by atoms with E-state index in [0.29, 0.717) is 12.0 Å². The number of benzene rings is 1. The zero-order valence-corrected chi connectivity index (χ0v) is 19.0. The first-order valence-corrected chi connectivity index (χ1v) is 10.9. The Morgan fingerprint density at radius 2 is 1.47 bits per heavy atom. The fourth-order valence-electron chi connectivity index (χ4n) is 2.88. The molecule has 0 aliphatic heterocycles. The van der Waals surface area contributed by atoms with Crippen LogP contribution in [0.1, 0.15) is 25.8 Å². The zero-order valence-electron chi connectivity index (χ0n) is 18.2. The Kier molecular flexibility index (Phi) is 11.7. The third kappa shape index (κ3) is 9.25. The van der Waals surface area contributed by atoms with E-state index >= 15 is 0 Å². The molecule has 3 amide bonds. The largest absolute Gasteiger partial charge is 0.480 e. The summed E-state index contributed by atoms with van der Waals surface area (Å²) in [5, 5.41) is 25.5. The van der Waals surface area contributed by atoms with E-state index in [-0.39, 0.29) is 18.1 Å². The van der Waals surface area contributed by atoms with Crippen LogP contribution >= 0.6 is 12.6 Å². The summed E-state index contributed by atoms with van der Waals surface area (Å²) in [5.41, 5.74) is 6.58. The molecule has 7 N–H and O–H groups in total. The van der Waals surface area contributed by atoms with Crippen molar-refractivity contribution in [3.63, 3.8) is 0 Å². The third-order valence-electron chi connectivity index (χ3n) is 4.59. The van der Waals surface area contributed by atoms with Gasteiger partial charge >= 0.3 is 5.97 Å². The number of carbonyl (C=O) groups excluding carboxylic acids is 3. The Labute approximate surface area is 192 Å². The van der Waals surface area contributed by atoms with E-state index in [9.17, 15) is 24.3 Å². The van der Waals surface area contributed by atoms with E-state index in [1.54, 1.807) is 30.3 Å². The monoisotopic (exact) mass is 468 g/mol. The zero-order chi connectivity index (χ0) is 24.3. The Balaban J connectivity index is 2.95. The van der Waals surface area contributed by atoms with Gasteiger partial charge in [-0.05, 0) is 17.9 Å². The summed E-state index contributed by atoms with van der Waals surface area (Å²) >= 11 is 4.11. The summed E-state index contributed by atoms with van der Waals surface area (Å²) in [4.78, 5) is 48.9. The van der Waals surface area contributed by atoms with E-state index in [4.69, 9.17) is 10.8 Å². The van der Waals surface area contributed by atoms with Crippen molar-refractivity contribution in [3.05, 3.63) is 35.9 Å². The van der Waals surface area contributed by atoms with Crippen molar-refractivity contribution in [1.29, 1.82) is 0 Å². The predicted molar refractivity (Wildman–Crippen MR) is 122 cm³/mol. The molecular formula is C21H32N4O6S. The maximum atomic E-state index is 12.8. The molecule has 32 heavy (non-hydrogen) atoms. The Morgan fingerprint density at radius 1 is 0.938 bits per heavy atom. The van der Waals surface area contributed by atoms with Crippen molar-refractivity contribution >= 4 is 36.3 Å². The molecular weight excluding hydrogens is 436 g/mol. The van der Waals surface area contributed by atoms with Gasteiger partial charge in [-0.3, -0.25) is 14.4 Å². The Morgan fingerprint density at radius 3 is 1.97 bits per heavy atom. The standard InChI is InChI=1S/C21H32N4O6S/c1-12(2)8-14(22)18(27)25-17(11-32)20(29)23-15(9-13-6-4-3-5-7-13)19(28)24-16(10-26)21(30)31/h3-7,12,14-17,26,32H,8-11,22H2,1-2H3,(H,23,29)(H,24,28)(H,25,27)(H,30,31). The number of hydrogen-bond donors (Lipinski definition) is 7. The molecule has 0 aliphatic rings. The maximum absolute atomic E-state index is 12.8. The van der Waals surface area contributed by atoms with Crippen LogP contribution in [0.4, 0.5) is 0 Å². The van der Waals surface area contributed by atoms with E-state index in [0.717, 1.165) is 0 Å². The number of aliphatic carboxylic acids is 1. The highest BCUT2D eigenvalue weighted by atomic mass is 32.1. The smallest absolute Gasteiger partial charge is 0.328 e. The van der Waals surface area contributed by atoms with Gasteiger partial charge in [0.15, 0.2) is 0 Å². The molecule has 0 radical (unpaired) electrons. The fraction of sp³-hybridized carbons (Fsp3) is 0.524. The number of hydrogen-bond acceptors (Lipinski definition) is 7. The topological polar surface area (TPSA) is 171 Å². The quantitative estimate of drug-likeness (QED) is 0.183. The normalized spacial score (nSPS) is 14.7. The number of carboxylic acid groups (broad SMARTS) is 1. The number of thiol groups is 1. The first-order valence-electron chi connectivity index (χ1n) is 10.2. The lowest BCUT2D eigenvalue weighted by atomic mass is 10.0. The van der Waals surface area contributed by atoms with E-state index in [1.807, 2.05) is 13.8 Å². The maximum Gasteiger partial charge on any atom is 0.328 e. The molecule has 0 heterocycles. The number of nitrogens with one attached hydrogen (secondary N) is 3. The van der Waals surface area contributed by atoms with Crippen LogP contribution in [-0.2, 0) is 25.6 Å². The summed E-state index contributed by atoms with van der Waals surface area (Å²) < 4.78 is 0. The summed E-state index contributed by atoms with van der Waals surface area (Å²) in [6, 6.07) is 4.27. The molecule has 0 fully saturated rings. The van der Waals surface area contributed by atoms with Crippen molar-refractivity contribution < 1.29 is 29.4 Å². The van der Waals surface area contributed by atoms with Gasteiger partial charge in [-0.2, -0.15) is 12.6 Å². The number of rotatable bonds is 13. The van der Waals surface area contributed by atoms with Crippen LogP contribution in [0.2, 0.25) is 0 Å². The second-order valence-electron chi connectivity index (χ2n) is 7.81. The molecule has 10 nitrogen and oxygen atoms in total. The highest BCUT2D eigenvalue weighted by Gasteiger charge is 2.30. The van der Waals surface area contributed by atoms with Crippen molar-refractivity contribution in [2.75, 3.05) is 12.4 Å². The predicted octanol–water partition coefficient (Wildman–Crippen LogP) is -0.936. The highest BCUT2D eigenvalue weighted by Crippen LogP contribution is 2.06. The molecule has 4 unspecified atom stereocenters. The molecule has 0 saturated carbocycles. The molecule has 4 atom stereocenters. The van der Waals surface area contributed by atoms with Crippen molar-refractivity contribution in [2.45, 2.75) is 50.9 Å². The number of aliphatic hydroxyl groups is 1. The summed E-state index contributed by atoms with van der Waals surface area (Å²) in [5.74, 6) is -3.23. The van der Waals surface area contributed by atoms with Crippen LogP contribution < -0.4 is 21.7 Å². The van der Waals surface area contributed by atoms with Gasteiger partial charge in [-0.15, -0.1) is 0 Å². The molecule has 1 aromatic carbocycles. The summed E-state index contributed by atoms with van der Waals surface area (Å²) in [6.45, 7) is 3.02. The first-order chi connectivity index (χ1) is 15.1. The lowest BCUT2D eigenvalue weighted by Gasteiger charge is -2.24. The van der Waals surface area contributed by atoms with Crippen LogP contribution in [0.3, 0.4) is 0 Å². The van der Waals surface area contributed by atoms with Crippen LogP contribution in [0.15, 0.2) is 30.3 Å². The molecule has 0 saturated heterocycles.